The summed E-state index contributed by atoms with van der Waals surface area (Å²) in [5.74, 6) is 0.975. The number of nitrogens with zero attached hydrogens (tertiary/aromatic N) is 3. The van der Waals surface area contributed by atoms with E-state index < -0.39 is 10.0 Å². The summed E-state index contributed by atoms with van der Waals surface area (Å²) < 4.78 is 0. The maximum absolute atomic E-state index is 12.5. The van der Waals surface area contributed by atoms with Gasteiger partial charge in [-0.05, 0) is 60.1 Å². The molecule has 2 amide bonds. The molecule has 0 spiro atoms. The molecule has 1 saturated heterocycles. The van der Waals surface area contributed by atoms with Gasteiger partial charge in [-0.1, -0.05) is 6.07 Å². The predicted molar refractivity (Wildman–Crippen MR) is 107 cm³/mol. The molecule has 0 atom stereocenters. The summed E-state index contributed by atoms with van der Waals surface area (Å²) in [6, 6.07) is 14.1. The van der Waals surface area contributed by atoms with Gasteiger partial charge in [-0.3, -0.25) is 0 Å². The molecule has 0 aliphatic carbocycles. The average molecular weight is 359 g/mol. The predicted octanol–water partition coefficient (Wildman–Crippen LogP) is 3.49. The molecular formula is C19H26N4OS. The number of hydrogen-bond donors (Lipinski definition) is 1. The smallest absolute Gasteiger partial charge is 0.321 e. The minimum atomic E-state index is -0.736. The molecule has 6 heteroatoms. The third-order valence-corrected chi connectivity index (χ3v) is 6.04. The second kappa shape index (κ2) is 7.35. The molecule has 0 bridgehead atoms. The molecule has 1 aromatic carbocycles. The van der Waals surface area contributed by atoms with Gasteiger partial charge in [0.1, 0.15) is 5.82 Å². The summed E-state index contributed by atoms with van der Waals surface area (Å²) >= 11 is 0. The number of benzene rings is 1. The maximum atomic E-state index is 12.5. The lowest BCUT2D eigenvalue weighted by Gasteiger charge is -2.35. The topological polar surface area (TPSA) is 48.5 Å². The summed E-state index contributed by atoms with van der Waals surface area (Å²) in [5.41, 5.74) is 0.851. The van der Waals surface area contributed by atoms with E-state index >= 15 is 0 Å². The third-order valence-electron chi connectivity index (χ3n) is 4.35. The molecule has 25 heavy (non-hydrogen) atoms. The van der Waals surface area contributed by atoms with E-state index in [1.54, 1.807) is 6.20 Å². The Labute approximate surface area is 151 Å². The normalized spacial score (nSPS) is 15.8. The average Bonchev–Trinajstić information content (AvgIpc) is 2.62. The number of hydrogen-bond acceptors (Lipinski definition) is 3. The molecule has 5 nitrogen and oxygen atoms in total. The van der Waals surface area contributed by atoms with Crippen LogP contribution in [0, 0.1) is 0 Å². The van der Waals surface area contributed by atoms with E-state index in [-0.39, 0.29) is 6.03 Å². The van der Waals surface area contributed by atoms with Crippen molar-refractivity contribution in [3.05, 3.63) is 48.7 Å². The molecule has 3 rings (SSSR count). The van der Waals surface area contributed by atoms with Gasteiger partial charge >= 0.3 is 6.03 Å². The van der Waals surface area contributed by atoms with E-state index in [9.17, 15) is 4.79 Å². The number of aromatic nitrogens is 1. The maximum Gasteiger partial charge on any atom is 0.321 e. The Bertz CT molecular complexity index is 704. The first-order valence-electron chi connectivity index (χ1n) is 8.44. The van der Waals surface area contributed by atoms with Crippen LogP contribution in [0.5, 0.6) is 0 Å². The van der Waals surface area contributed by atoms with Gasteiger partial charge in [0.2, 0.25) is 0 Å². The number of amides is 2. The van der Waals surface area contributed by atoms with Gasteiger partial charge in [0.25, 0.3) is 0 Å². The van der Waals surface area contributed by atoms with E-state index in [1.807, 2.05) is 35.2 Å². The molecule has 1 aliphatic rings. The van der Waals surface area contributed by atoms with Crippen molar-refractivity contribution in [3.63, 3.8) is 0 Å². The van der Waals surface area contributed by atoms with Gasteiger partial charge in [0, 0.05) is 38.1 Å². The van der Waals surface area contributed by atoms with E-state index in [2.05, 4.69) is 46.1 Å². The molecule has 0 saturated carbocycles. The monoisotopic (exact) mass is 358 g/mol. The van der Waals surface area contributed by atoms with Crippen LogP contribution in [0.3, 0.4) is 0 Å². The molecule has 1 fully saturated rings. The second-order valence-electron chi connectivity index (χ2n) is 6.95. The first-order valence-corrected chi connectivity index (χ1v) is 11.3. The first-order chi connectivity index (χ1) is 11.9. The lowest BCUT2D eigenvalue weighted by molar-refractivity contribution is 0.208. The zero-order valence-electron chi connectivity index (χ0n) is 15.1. The zero-order valence-corrected chi connectivity index (χ0v) is 15.9. The number of urea groups is 1. The Morgan fingerprint density at radius 2 is 1.68 bits per heavy atom. The van der Waals surface area contributed by atoms with Crippen LogP contribution >= 0.6 is 10.0 Å². The number of nitrogens with one attached hydrogen (secondary N) is 1. The number of piperazine rings is 1. The Balaban J connectivity index is 1.54. The van der Waals surface area contributed by atoms with E-state index in [0.29, 0.717) is 13.1 Å². The highest BCUT2D eigenvalue weighted by atomic mass is 32.3. The van der Waals surface area contributed by atoms with Gasteiger partial charge in [0.15, 0.2) is 0 Å². The highest BCUT2D eigenvalue weighted by Gasteiger charge is 2.21. The lowest BCUT2D eigenvalue weighted by Crippen LogP contribution is -2.50. The summed E-state index contributed by atoms with van der Waals surface area (Å²) in [6.07, 6.45) is 8.60. The highest BCUT2D eigenvalue weighted by molar-refractivity contribution is 8.32. The van der Waals surface area contributed by atoms with Gasteiger partial charge < -0.3 is 15.1 Å². The van der Waals surface area contributed by atoms with Crippen molar-refractivity contribution >= 4 is 27.6 Å². The number of rotatable bonds is 3. The van der Waals surface area contributed by atoms with E-state index in [4.69, 9.17) is 0 Å². The molecule has 0 unspecified atom stereocenters. The van der Waals surface area contributed by atoms with Crippen LogP contribution in [0.2, 0.25) is 0 Å². The molecule has 2 heterocycles. The summed E-state index contributed by atoms with van der Waals surface area (Å²) in [5, 5.41) is 3.01. The Morgan fingerprint density at radius 1 is 1.00 bits per heavy atom. The van der Waals surface area contributed by atoms with Crippen molar-refractivity contribution in [1.82, 2.24) is 9.88 Å². The first kappa shape index (κ1) is 17.6. The minimum absolute atomic E-state index is 0.0310. The third kappa shape index (κ3) is 4.45. The van der Waals surface area contributed by atoms with Crippen molar-refractivity contribution in [1.29, 1.82) is 0 Å². The molecule has 2 aromatic rings. The van der Waals surface area contributed by atoms with Crippen LogP contribution in [0.1, 0.15) is 0 Å². The highest BCUT2D eigenvalue weighted by Crippen LogP contribution is 2.45. The number of anilines is 2. The lowest BCUT2D eigenvalue weighted by atomic mass is 10.3. The fraction of sp³-hybridized carbons (Fsp3) is 0.368. The fourth-order valence-electron chi connectivity index (χ4n) is 2.83. The molecular weight excluding hydrogens is 332 g/mol. The minimum Gasteiger partial charge on any atom is -0.353 e. The van der Waals surface area contributed by atoms with Crippen molar-refractivity contribution in [2.24, 2.45) is 0 Å². The fourth-order valence-corrected chi connectivity index (χ4v) is 3.78. The van der Waals surface area contributed by atoms with Gasteiger partial charge in [-0.15, -0.1) is 0 Å². The van der Waals surface area contributed by atoms with Crippen molar-refractivity contribution in [2.45, 2.75) is 4.90 Å². The summed E-state index contributed by atoms with van der Waals surface area (Å²) in [7, 11) is -0.736. The van der Waals surface area contributed by atoms with Crippen LogP contribution in [-0.2, 0) is 0 Å². The van der Waals surface area contributed by atoms with E-state index in [1.165, 1.54) is 4.90 Å². The molecule has 1 aliphatic heterocycles. The van der Waals surface area contributed by atoms with Crippen molar-refractivity contribution in [2.75, 3.05) is 55.2 Å². The number of pyridine rings is 1. The standard InChI is InChI=1S/C19H26N4OS/c1-25(2,3)17-9-7-16(8-10-17)21-19(24)23-14-12-22(13-15-23)18-6-4-5-11-20-18/h4-11H,12-15H2,1-3H3,(H,21,24). The van der Waals surface area contributed by atoms with Crippen LogP contribution in [-0.4, -0.2) is 60.9 Å². The SMILES string of the molecule is CS(C)(C)c1ccc(NC(=O)N2CCN(c3ccccn3)CC2)cc1. The van der Waals surface area contributed by atoms with Crippen LogP contribution in [0.15, 0.2) is 53.6 Å². The molecule has 134 valence electrons. The van der Waals surface area contributed by atoms with Crippen LogP contribution in [0.25, 0.3) is 0 Å². The van der Waals surface area contributed by atoms with Crippen LogP contribution in [0.4, 0.5) is 16.3 Å². The van der Waals surface area contributed by atoms with Crippen LogP contribution < -0.4 is 10.2 Å². The summed E-state index contributed by atoms with van der Waals surface area (Å²) in [6.45, 7) is 3.01. The number of carbonyl (C=O) groups excluding carboxylic acids is 1. The Morgan fingerprint density at radius 3 is 2.24 bits per heavy atom. The molecule has 0 radical (unpaired) electrons. The Kier molecular flexibility index (Phi) is 5.18. The van der Waals surface area contributed by atoms with E-state index in [0.717, 1.165) is 24.6 Å². The Hall–Kier alpha value is -2.21. The largest absolute Gasteiger partial charge is 0.353 e. The zero-order chi connectivity index (χ0) is 17.9. The number of carbonyl (C=O) groups is 1. The molecule has 1 aromatic heterocycles. The second-order valence-corrected chi connectivity index (χ2v) is 11.1. The van der Waals surface area contributed by atoms with Gasteiger partial charge in [-0.25, -0.2) is 19.8 Å². The summed E-state index contributed by atoms with van der Waals surface area (Å²) in [4.78, 5) is 22.3. The quantitative estimate of drug-likeness (QED) is 0.914. The van der Waals surface area contributed by atoms with Gasteiger partial charge in [-0.2, -0.15) is 0 Å². The molecule has 1 N–H and O–H groups in total. The van der Waals surface area contributed by atoms with Gasteiger partial charge in [0.05, 0.1) is 0 Å². The van der Waals surface area contributed by atoms with Crippen molar-refractivity contribution < 1.29 is 4.79 Å². The van der Waals surface area contributed by atoms with Crippen molar-refractivity contribution in [3.8, 4) is 0 Å².